The maximum absolute atomic E-state index is 11.6. The molecule has 96 valence electrons. The number of nitrogens with zero attached hydrogens (tertiary/aromatic N) is 2. The largest absolute Gasteiger partial charge is 0.338 e. The second-order valence-electron chi connectivity index (χ2n) is 3.36. The molecule has 0 saturated carbocycles. The van der Waals surface area contributed by atoms with Crippen LogP contribution in [0.25, 0.3) is 0 Å². The van der Waals surface area contributed by atoms with Crippen molar-refractivity contribution >= 4 is 17.6 Å². The fourth-order valence-electron chi connectivity index (χ4n) is 1.18. The van der Waals surface area contributed by atoms with Crippen LogP contribution in [0.4, 0.5) is 10.5 Å². The summed E-state index contributed by atoms with van der Waals surface area (Å²) in [7, 11) is 0. The molecular formula is C10H12N4O4. The van der Waals surface area contributed by atoms with Crippen molar-refractivity contribution in [1.82, 2.24) is 15.6 Å². The summed E-state index contributed by atoms with van der Waals surface area (Å²) in [4.78, 5) is 36.4. The molecule has 0 aliphatic rings. The number of nitrogens with one attached hydrogen (secondary N) is 2. The highest BCUT2D eigenvalue weighted by Crippen LogP contribution is 2.15. The van der Waals surface area contributed by atoms with Gasteiger partial charge in [-0.1, -0.05) is 6.92 Å². The summed E-state index contributed by atoms with van der Waals surface area (Å²) >= 11 is 0. The van der Waals surface area contributed by atoms with Crippen LogP contribution in [0.1, 0.15) is 23.7 Å². The molecule has 0 saturated heterocycles. The molecule has 0 fully saturated rings. The normalized spacial score (nSPS) is 9.61. The Morgan fingerprint density at radius 3 is 2.83 bits per heavy atom. The van der Waals surface area contributed by atoms with E-state index in [-0.39, 0.29) is 5.56 Å². The van der Waals surface area contributed by atoms with Crippen molar-refractivity contribution in [2.24, 2.45) is 0 Å². The van der Waals surface area contributed by atoms with Crippen LogP contribution in [0.2, 0.25) is 0 Å². The first-order valence-electron chi connectivity index (χ1n) is 5.23. The summed E-state index contributed by atoms with van der Waals surface area (Å²) in [5.74, 6) is -0.835. The van der Waals surface area contributed by atoms with Gasteiger partial charge < -0.3 is 5.32 Å². The lowest BCUT2D eigenvalue weighted by atomic mass is 10.2. The molecule has 0 unspecified atom stereocenters. The molecule has 1 rings (SSSR count). The summed E-state index contributed by atoms with van der Waals surface area (Å²) in [6.45, 7) is 2.27. The quantitative estimate of drug-likeness (QED) is 0.608. The second-order valence-corrected chi connectivity index (χ2v) is 3.36. The van der Waals surface area contributed by atoms with E-state index in [0.29, 0.717) is 6.54 Å². The Balaban J connectivity index is 2.78. The minimum absolute atomic E-state index is 0.207. The first-order chi connectivity index (χ1) is 8.56. The van der Waals surface area contributed by atoms with Gasteiger partial charge in [0.05, 0.1) is 4.92 Å². The first-order valence-corrected chi connectivity index (χ1v) is 5.23. The Labute approximate surface area is 103 Å². The highest BCUT2D eigenvalue weighted by molar-refractivity contribution is 6.06. The van der Waals surface area contributed by atoms with Crippen molar-refractivity contribution in [3.05, 3.63) is 34.1 Å². The number of carbonyl (C=O) groups is 2. The Kier molecular flexibility index (Phi) is 4.73. The minimum atomic E-state index is -0.835. The van der Waals surface area contributed by atoms with Crippen LogP contribution >= 0.6 is 0 Å². The lowest BCUT2D eigenvalue weighted by Gasteiger charge is -2.05. The molecule has 0 aliphatic heterocycles. The maximum Gasteiger partial charge on any atom is 0.321 e. The molecule has 1 aromatic heterocycles. The number of pyridine rings is 1. The predicted octanol–water partition coefficient (Wildman–Crippen LogP) is 0.839. The number of rotatable bonds is 4. The Bertz CT molecular complexity index is 475. The highest BCUT2D eigenvalue weighted by atomic mass is 16.6. The van der Waals surface area contributed by atoms with Crippen molar-refractivity contribution in [3.8, 4) is 0 Å². The van der Waals surface area contributed by atoms with Gasteiger partial charge in [-0.3, -0.25) is 25.2 Å². The number of hydrogen-bond acceptors (Lipinski definition) is 5. The van der Waals surface area contributed by atoms with Crippen LogP contribution in [-0.4, -0.2) is 28.4 Å². The van der Waals surface area contributed by atoms with Gasteiger partial charge in [-0.25, -0.2) is 4.79 Å². The van der Waals surface area contributed by atoms with E-state index < -0.39 is 22.5 Å². The summed E-state index contributed by atoms with van der Waals surface area (Å²) in [6, 6.07) is 0.494. The maximum atomic E-state index is 11.6. The Morgan fingerprint density at radius 2 is 2.22 bits per heavy atom. The average molecular weight is 252 g/mol. The molecule has 0 bridgehead atoms. The van der Waals surface area contributed by atoms with Crippen LogP contribution in [0, 0.1) is 10.1 Å². The predicted molar refractivity (Wildman–Crippen MR) is 62.0 cm³/mol. The lowest BCUT2D eigenvalue weighted by Crippen LogP contribution is -2.39. The lowest BCUT2D eigenvalue weighted by molar-refractivity contribution is -0.385. The smallest absolute Gasteiger partial charge is 0.321 e. The summed E-state index contributed by atoms with van der Waals surface area (Å²) in [5, 5.41) is 15.1. The van der Waals surface area contributed by atoms with E-state index in [2.05, 4.69) is 10.3 Å². The van der Waals surface area contributed by atoms with Gasteiger partial charge in [0, 0.05) is 12.7 Å². The van der Waals surface area contributed by atoms with Crippen LogP contribution in [-0.2, 0) is 0 Å². The number of urea groups is 1. The topological polar surface area (TPSA) is 114 Å². The van der Waals surface area contributed by atoms with Crippen molar-refractivity contribution in [2.75, 3.05) is 6.54 Å². The molecule has 18 heavy (non-hydrogen) atoms. The zero-order chi connectivity index (χ0) is 13.5. The van der Waals surface area contributed by atoms with Gasteiger partial charge in [0.2, 0.25) is 0 Å². The third-order valence-electron chi connectivity index (χ3n) is 2.00. The highest BCUT2D eigenvalue weighted by Gasteiger charge is 2.21. The van der Waals surface area contributed by atoms with E-state index in [1.807, 2.05) is 12.2 Å². The molecule has 0 atom stereocenters. The molecule has 0 aromatic carbocycles. The van der Waals surface area contributed by atoms with E-state index in [4.69, 9.17) is 0 Å². The van der Waals surface area contributed by atoms with Gasteiger partial charge in [0.15, 0.2) is 0 Å². The first kappa shape index (κ1) is 13.6. The van der Waals surface area contributed by atoms with Gasteiger partial charge in [-0.15, -0.1) is 0 Å². The molecule has 0 spiro atoms. The fourth-order valence-corrected chi connectivity index (χ4v) is 1.18. The average Bonchev–Trinajstić information content (AvgIpc) is 2.36. The number of carbonyl (C=O) groups excluding carboxylic acids is 2. The van der Waals surface area contributed by atoms with Crippen molar-refractivity contribution in [3.63, 3.8) is 0 Å². The van der Waals surface area contributed by atoms with E-state index in [0.717, 1.165) is 12.6 Å². The Morgan fingerprint density at radius 1 is 1.50 bits per heavy atom. The standard InChI is InChI=1S/C10H12N4O4/c1-2-4-12-10(16)13-9(15)7-3-5-11-6-8(7)14(17)18/h3,5-6H,2,4H2,1H3,(H2,12,13,15,16). The van der Waals surface area contributed by atoms with Crippen LogP contribution in [0.5, 0.6) is 0 Å². The van der Waals surface area contributed by atoms with Crippen molar-refractivity contribution < 1.29 is 14.5 Å². The number of amides is 3. The van der Waals surface area contributed by atoms with E-state index >= 15 is 0 Å². The number of nitro groups is 1. The van der Waals surface area contributed by atoms with Gasteiger partial charge in [0.1, 0.15) is 11.8 Å². The Hall–Kier alpha value is -2.51. The van der Waals surface area contributed by atoms with Crippen LogP contribution in [0.15, 0.2) is 18.5 Å². The van der Waals surface area contributed by atoms with Gasteiger partial charge >= 0.3 is 6.03 Å². The molecule has 2 N–H and O–H groups in total. The van der Waals surface area contributed by atoms with Gasteiger partial charge in [0.25, 0.3) is 11.6 Å². The van der Waals surface area contributed by atoms with Gasteiger partial charge in [-0.2, -0.15) is 0 Å². The second kappa shape index (κ2) is 6.28. The van der Waals surface area contributed by atoms with Crippen molar-refractivity contribution in [2.45, 2.75) is 13.3 Å². The number of imide groups is 1. The molecule has 1 aromatic rings. The molecule has 0 radical (unpaired) electrons. The number of aromatic nitrogens is 1. The van der Waals surface area contributed by atoms with Crippen molar-refractivity contribution in [1.29, 1.82) is 0 Å². The minimum Gasteiger partial charge on any atom is -0.338 e. The van der Waals surface area contributed by atoms with Gasteiger partial charge in [-0.05, 0) is 12.5 Å². The van der Waals surface area contributed by atoms with Crippen LogP contribution in [0.3, 0.4) is 0 Å². The fraction of sp³-hybridized carbons (Fsp3) is 0.300. The monoisotopic (exact) mass is 252 g/mol. The SMILES string of the molecule is CCCNC(=O)NC(=O)c1ccncc1[N+](=O)[O-]. The molecule has 1 heterocycles. The number of hydrogen-bond donors (Lipinski definition) is 2. The third-order valence-corrected chi connectivity index (χ3v) is 2.00. The third kappa shape index (κ3) is 3.51. The molecule has 3 amide bonds. The summed E-state index contributed by atoms with van der Waals surface area (Å²) in [5.41, 5.74) is -0.653. The van der Waals surface area contributed by atoms with E-state index in [1.54, 1.807) is 0 Å². The van der Waals surface area contributed by atoms with Crippen LogP contribution < -0.4 is 10.6 Å². The zero-order valence-electron chi connectivity index (χ0n) is 9.67. The van der Waals surface area contributed by atoms with E-state index in [9.17, 15) is 19.7 Å². The van der Waals surface area contributed by atoms with E-state index in [1.165, 1.54) is 12.3 Å². The molecule has 8 heteroatoms. The zero-order valence-corrected chi connectivity index (χ0v) is 9.67. The molecular weight excluding hydrogens is 240 g/mol. The molecule has 0 aliphatic carbocycles. The summed E-state index contributed by atoms with van der Waals surface area (Å²) in [6.07, 6.45) is 2.92. The summed E-state index contributed by atoms with van der Waals surface area (Å²) < 4.78 is 0. The molecule has 8 nitrogen and oxygen atoms in total.